The number of hydrogen-bond acceptors (Lipinski definition) is 3. The van der Waals surface area contributed by atoms with E-state index >= 15 is 0 Å². The molecule has 1 heterocycles. The van der Waals surface area contributed by atoms with Crippen molar-refractivity contribution in [3.05, 3.63) is 29.8 Å². The molecule has 1 unspecified atom stereocenters. The van der Waals surface area contributed by atoms with Gasteiger partial charge in [-0.2, -0.15) is 0 Å². The Bertz CT molecular complexity index is 454. The molecule has 4 nitrogen and oxygen atoms in total. The number of likely N-dealkylation sites (tertiary alicyclic amines) is 1. The minimum absolute atomic E-state index is 0.0426. The summed E-state index contributed by atoms with van der Waals surface area (Å²) in [6, 6.07) is 7.36. The molecular weight excluding hydrogens is 240 g/mol. The smallest absolute Gasteiger partial charge is 0.254 e. The maximum atomic E-state index is 12.5. The number of rotatable bonds is 3. The van der Waals surface area contributed by atoms with E-state index in [1.807, 2.05) is 36.1 Å². The minimum Gasteiger partial charge on any atom is -0.494 e. The molecule has 0 bridgehead atoms. The van der Waals surface area contributed by atoms with E-state index in [0.29, 0.717) is 18.7 Å². The molecule has 1 aliphatic rings. The fraction of sp³-hybridized carbons (Fsp3) is 0.533. The Labute approximate surface area is 114 Å². The van der Waals surface area contributed by atoms with Gasteiger partial charge >= 0.3 is 0 Å². The van der Waals surface area contributed by atoms with E-state index in [0.717, 1.165) is 12.2 Å². The van der Waals surface area contributed by atoms with Crippen molar-refractivity contribution in [1.82, 2.24) is 4.90 Å². The number of carbonyl (C=O) groups excluding carboxylic acids is 1. The lowest BCUT2D eigenvalue weighted by Crippen LogP contribution is -2.42. The van der Waals surface area contributed by atoms with E-state index in [9.17, 15) is 4.79 Å². The van der Waals surface area contributed by atoms with E-state index in [-0.39, 0.29) is 17.5 Å². The third-order valence-corrected chi connectivity index (χ3v) is 3.57. The van der Waals surface area contributed by atoms with Crippen LogP contribution >= 0.6 is 0 Å². The summed E-state index contributed by atoms with van der Waals surface area (Å²) in [7, 11) is 0. The largest absolute Gasteiger partial charge is 0.494 e. The van der Waals surface area contributed by atoms with Crippen LogP contribution < -0.4 is 10.5 Å². The summed E-state index contributed by atoms with van der Waals surface area (Å²) in [6.07, 6.45) is 0.843. The third kappa shape index (κ3) is 2.89. The fourth-order valence-electron chi connectivity index (χ4n) is 2.67. The lowest BCUT2D eigenvalue weighted by molar-refractivity contribution is 0.0651. The molecule has 1 aromatic rings. The van der Waals surface area contributed by atoms with Crippen molar-refractivity contribution in [2.75, 3.05) is 13.2 Å². The van der Waals surface area contributed by atoms with Crippen LogP contribution in [0.25, 0.3) is 0 Å². The lowest BCUT2D eigenvalue weighted by Gasteiger charge is -2.31. The summed E-state index contributed by atoms with van der Waals surface area (Å²) in [5.74, 6) is 0.831. The van der Waals surface area contributed by atoms with Crippen LogP contribution in [0.5, 0.6) is 5.75 Å². The monoisotopic (exact) mass is 262 g/mol. The Morgan fingerprint density at radius 2 is 2.05 bits per heavy atom. The van der Waals surface area contributed by atoms with Crippen LogP contribution in [0, 0.1) is 0 Å². The fourth-order valence-corrected chi connectivity index (χ4v) is 2.67. The minimum atomic E-state index is -0.172. The van der Waals surface area contributed by atoms with Crippen molar-refractivity contribution in [2.24, 2.45) is 5.73 Å². The zero-order chi connectivity index (χ0) is 14.0. The third-order valence-electron chi connectivity index (χ3n) is 3.57. The zero-order valence-electron chi connectivity index (χ0n) is 11.8. The molecule has 104 valence electrons. The van der Waals surface area contributed by atoms with Crippen LogP contribution in [0.1, 0.15) is 37.6 Å². The van der Waals surface area contributed by atoms with Crippen LogP contribution in [0.2, 0.25) is 0 Å². The second-order valence-electron chi connectivity index (χ2n) is 5.65. The topological polar surface area (TPSA) is 55.6 Å². The molecule has 0 spiro atoms. The first-order valence-electron chi connectivity index (χ1n) is 6.74. The van der Waals surface area contributed by atoms with Gasteiger partial charge in [-0.1, -0.05) is 0 Å². The Balaban J connectivity index is 2.15. The van der Waals surface area contributed by atoms with Crippen molar-refractivity contribution in [3.63, 3.8) is 0 Å². The molecule has 1 aromatic carbocycles. The molecule has 0 saturated carbocycles. The highest BCUT2D eigenvalue weighted by molar-refractivity contribution is 5.95. The zero-order valence-corrected chi connectivity index (χ0v) is 11.8. The molecule has 1 fully saturated rings. The quantitative estimate of drug-likeness (QED) is 0.907. The van der Waals surface area contributed by atoms with E-state index in [4.69, 9.17) is 10.5 Å². The predicted octanol–water partition coefficient (Wildman–Crippen LogP) is 2.04. The Kier molecular flexibility index (Phi) is 3.80. The normalized spacial score (nSPS) is 21.5. The SMILES string of the molecule is CCOc1ccc(C(=O)N2CC(N)CC2(C)C)cc1. The van der Waals surface area contributed by atoms with E-state index in [1.54, 1.807) is 0 Å². The first kappa shape index (κ1) is 13.9. The maximum absolute atomic E-state index is 12.5. The molecule has 1 amide bonds. The van der Waals surface area contributed by atoms with Gasteiger partial charge in [0.15, 0.2) is 0 Å². The van der Waals surface area contributed by atoms with E-state index in [1.165, 1.54) is 0 Å². The van der Waals surface area contributed by atoms with Crippen molar-refractivity contribution in [3.8, 4) is 5.75 Å². The first-order chi connectivity index (χ1) is 8.94. The number of carbonyl (C=O) groups is 1. The summed E-state index contributed by atoms with van der Waals surface area (Å²) in [5, 5.41) is 0. The summed E-state index contributed by atoms with van der Waals surface area (Å²) in [6.45, 7) is 7.31. The van der Waals surface area contributed by atoms with Crippen LogP contribution in [0.15, 0.2) is 24.3 Å². The number of nitrogens with zero attached hydrogens (tertiary/aromatic N) is 1. The lowest BCUT2D eigenvalue weighted by atomic mass is 10.00. The molecule has 0 aromatic heterocycles. The standard InChI is InChI=1S/C15H22N2O2/c1-4-19-13-7-5-11(6-8-13)14(18)17-10-12(16)9-15(17,2)3/h5-8,12H,4,9-10,16H2,1-3H3. The number of nitrogens with two attached hydrogens (primary N) is 1. The van der Waals surface area contributed by atoms with Gasteiger partial charge in [0.1, 0.15) is 5.75 Å². The van der Waals surface area contributed by atoms with E-state index in [2.05, 4.69) is 13.8 Å². The summed E-state index contributed by atoms with van der Waals surface area (Å²) in [4.78, 5) is 14.4. The van der Waals surface area contributed by atoms with Gasteiger partial charge in [0.25, 0.3) is 5.91 Å². The maximum Gasteiger partial charge on any atom is 0.254 e. The average Bonchev–Trinajstić information content (AvgIpc) is 2.63. The van der Waals surface area contributed by atoms with Crippen LogP contribution in [-0.4, -0.2) is 35.5 Å². The van der Waals surface area contributed by atoms with Gasteiger partial charge in [-0.15, -0.1) is 0 Å². The van der Waals surface area contributed by atoms with Gasteiger partial charge in [0.2, 0.25) is 0 Å². The van der Waals surface area contributed by atoms with Crippen LogP contribution in [0.3, 0.4) is 0 Å². The molecule has 2 rings (SSSR count). The highest BCUT2D eigenvalue weighted by atomic mass is 16.5. The first-order valence-corrected chi connectivity index (χ1v) is 6.74. The van der Waals surface area contributed by atoms with Crippen molar-refractivity contribution in [1.29, 1.82) is 0 Å². The van der Waals surface area contributed by atoms with Gasteiger partial charge in [-0.05, 0) is 51.5 Å². The van der Waals surface area contributed by atoms with Crippen molar-refractivity contribution >= 4 is 5.91 Å². The molecule has 1 atom stereocenters. The Morgan fingerprint density at radius 1 is 1.42 bits per heavy atom. The van der Waals surface area contributed by atoms with Crippen LogP contribution in [0.4, 0.5) is 0 Å². The number of amides is 1. The second kappa shape index (κ2) is 5.21. The average molecular weight is 262 g/mol. The summed E-state index contributed by atoms with van der Waals surface area (Å²) < 4.78 is 5.38. The summed E-state index contributed by atoms with van der Waals surface area (Å²) >= 11 is 0. The van der Waals surface area contributed by atoms with Crippen molar-refractivity contribution < 1.29 is 9.53 Å². The highest BCUT2D eigenvalue weighted by Crippen LogP contribution is 2.29. The van der Waals surface area contributed by atoms with Crippen LogP contribution in [-0.2, 0) is 0 Å². The second-order valence-corrected chi connectivity index (χ2v) is 5.65. The number of ether oxygens (including phenoxy) is 1. The van der Waals surface area contributed by atoms with Gasteiger partial charge < -0.3 is 15.4 Å². The molecule has 1 aliphatic heterocycles. The molecule has 1 saturated heterocycles. The molecule has 4 heteroatoms. The van der Waals surface area contributed by atoms with Gasteiger partial charge in [0, 0.05) is 23.7 Å². The predicted molar refractivity (Wildman–Crippen MR) is 75.3 cm³/mol. The molecule has 0 aliphatic carbocycles. The molecular formula is C15H22N2O2. The molecule has 0 radical (unpaired) electrons. The number of benzene rings is 1. The number of hydrogen-bond donors (Lipinski definition) is 1. The molecule has 19 heavy (non-hydrogen) atoms. The molecule has 2 N–H and O–H groups in total. The Morgan fingerprint density at radius 3 is 2.53 bits per heavy atom. The van der Waals surface area contributed by atoms with Gasteiger partial charge in [-0.3, -0.25) is 4.79 Å². The Hall–Kier alpha value is -1.55. The summed E-state index contributed by atoms with van der Waals surface area (Å²) in [5.41, 5.74) is 6.48. The highest BCUT2D eigenvalue weighted by Gasteiger charge is 2.39. The van der Waals surface area contributed by atoms with Gasteiger partial charge in [-0.25, -0.2) is 0 Å². The van der Waals surface area contributed by atoms with Gasteiger partial charge in [0.05, 0.1) is 6.61 Å². The van der Waals surface area contributed by atoms with Crippen molar-refractivity contribution in [2.45, 2.75) is 38.8 Å². The van der Waals surface area contributed by atoms with E-state index < -0.39 is 0 Å².